The van der Waals surface area contributed by atoms with Crippen LogP contribution in [0.3, 0.4) is 0 Å². The molecule has 1 saturated carbocycles. The summed E-state index contributed by atoms with van der Waals surface area (Å²) in [6.07, 6.45) is 2.13. The van der Waals surface area contributed by atoms with E-state index in [4.69, 9.17) is 9.79 Å². The SMILES string of the molecule is O=P(O)(O)N(S)CC1CC1. The van der Waals surface area contributed by atoms with E-state index in [2.05, 4.69) is 12.8 Å². The van der Waals surface area contributed by atoms with Gasteiger partial charge in [0.15, 0.2) is 0 Å². The number of hydrogen-bond donors (Lipinski definition) is 3. The Bertz CT molecular complexity index is 166. The molecule has 0 spiro atoms. The highest BCUT2D eigenvalue weighted by Gasteiger charge is 2.30. The number of rotatable bonds is 3. The second-order valence-electron chi connectivity index (χ2n) is 2.51. The lowest BCUT2D eigenvalue weighted by atomic mass is 10.4. The van der Waals surface area contributed by atoms with Crippen molar-refractivity contribution in [1.82, 2.24) is 4.08 Å². The maximum absolute atomic E-state index is 10.4. The molecule has 0 aromatic heterocycles. The molecule has 0 bridgehead atoms. The second-order valence-corrected chi connectivity index (χ2v) is 4.82. The largest absolute Gasteiger partial charge is 0.412 e. The standard InChI is InChI=1S/C4H10NO3PS/c6-9(7,8)5(10)3-4-1-2-4/h4,10H,1-3H2,(H2,6,7,8). The topological polar surface area (TPSA) is 60.8 Å². The summed E-state index contributed by atoms with van der Waals surface area (Å²) in [5.41, 5.74) is 0. The Morgan fingerprint density at radius 2 is 2.10 bits per heavy atom. The molecule has 1 aliphatic rings. The van der Waals surface area contributed by atoms with E-state index in [-0.39, 0.29) is 0 Å². The van der Waals surface area contributed by atoms with E-state index in [1.807, 2.05) is 0 Å². The van der Waals surface area contributed by atoms with Crippen molar-refractivity contribution in [2.45, 2.75) is 12.8 Å². The molecule has 0 aromatic carbocycles. The lowest BCUT2D eigenvalue weighted by molar-refractivity contribution is 0.325. The van der Waals surface area contributed by atoms with Gasteiger partial charge < -0.3 is 9.79 Å². The molecule has 0 aromatic rings. The van der Waals surface area contributed by atoms with Crippen LogP contribution in [0, 0.1) is 5.92 Å². The third kappa shape index (κ3) is 2.60. The summed E-state index contributed by atoms with van der Waals surface area (Å²) in [7, 11) is -4.07. The molecule has 0 unspecified atom stereocenters. The Morgan fingerprint density at radius 1 is 1.60 bits per heavy atom. The van der Waals surface area contributed by atoms with Crippen LogP contribution in [0.25, 0.3) is 0 Å². The molecule has 6 heteroatoms. The zero-order valence-corrected chi connectivity index (χ0v) is 7.13. The molecule has 0 heterocycles. The van der Waals surface area contributed by atoms with Crippen molar-refractivity contribution in [1.29, 1.82) is 0 Å². The van der Waals surface area contributed by atoms with Gasteiger partial charge in [-0.2, -0.15) is 4.08 Å². The van der Waals surface area contributed by atoms with E-state index >= 15 is 0 Å². The van der Waals surface area contributed by atoms with Crippen LogP contribution < -0.4 is 0 Å². The van der Waals surface area contributed by atoms with E-state index in [0.29, 0.717) is 12.5 Å². The second kappa shape index (κ2) is 2.83. The van der Waals surface area contributed by atoms with Gasteiger partial charge in [0, 0.05) is 6.54 Å². The highest BCUT2D eigenvalue weighted by Crippen LogP contribution is 2.44. The van der Waals surface area contributed by atoms with Crippen molar-refractivity contribution < 1.29 is 14.4 Å². The van der Waals surface area contributed by atoms with Crippen LogP contribution in [0.5, 0.6) is 0 Å². The number of thiol groups is 1. The van der Waals surface area contributed by atoms with Gasteiger partial charge >= 0.3 is 7.75 Å². The summed E-state index contributed by atoms with van der Waals surface area (Å²) in [5.74, 6) is 0.449. The van der Waals surface area contributed by atoms with Gasteiger partial charge in [-0.1, -0.05) is 12.8 Å². The van der Waals surface area contributed by atoms with Gasteiger partial charge in [0.25, 0.3) is 0 Å². The first-order chi connectivity index (χ1) is 4.50. The van der Waals surface area contributed by atoms with Crippen molar-refractivity contribution in [3.8, 4) is 0 Å². The fraction of sp³-hybridized carbons (Fsp3) is 1.00. The zero-order chi connectivity index (χ0) is 7.78. The van der Waals surface area contributed by atoms with Crippen LogP contribution in [-0.4, -0.2) is 20.4 Å². The molecule has 0 aliphatic heterocycles. The van der Waals surface area contributed by atoms with Crippen molar-refractivity contribution in [3.05, 3.63) is 0 Å². The van der Waals surface area contributed by atoms with Gasteiger partial charge in [-0.15, -0.1) is 0 Å². The smallest absolute Gasteiger partial charge is 0.312 e. The average Bonchev–Trinajstić information content (AvgIpc) is 2.47. The summed E-state index contributed by atoms with van der Waals surface area (Å²) in [6.45, 7) is 0.396. The quantitative estimate of drug-likeness (QED) is 0.443. The van der Waals surface area contributed by atoms with Crippen LogP contribution >= 0.6 is 20.6 Å². The van der Waals surface area contributed by atoms with E-state index < -0.39 is 7.75 Å². The van der Waals surface area contributed by atoms with E-state index in [0.717, 1.165) is 16.9 Å². The predicted molar refractivity (Wildman–Crippen MR) is 40.5 cm³/mol. The summed E-state index contributed by atoms with van der Waals surface area (Å²) < 4.78 is 11.2. The average molecular weight is 183 g/mol. The van der Waals surface area contributed by atoms with Crippen LogP contribution in [0.1, 0.15) is 12.8 Å². The summed E-state index contributed by atoms with van der Waals surface area (Å²) >= 11 is 3.66. The number of nitrogens with zero attached hydrogens (tertiary/aromatic N) is 1. The Balaban J connectivity index is 2.32. The zero-order valence-electron chi connectivity index (χ0n) is 5.34. The van der Waals surface area contributed by atoms with E-state index in [1.165, 1.54) is 0 Å². The Kier molecular flexibility index (Phi) is 2.42. The van der Waals surface area contributed by atoms with E-state index in [9.17, 15) is 4.57 Å². The fourth-order valence-corrected chi connectivity index (χ4v) is 1.31. The number of hydrogen-bond acceptors (Lipinski definition) is 2. The Morgan fingerprint density at radius 3 is 2.40 bits per heavy atom. The van der Waals surface area contributed by atoms with Crippen molar-refractivity contribution in [2.75, 3.05) is 6.54 Å². The lowest BCUT2D eigenvalue weighted by Gasteiger charge is -2.14. The van der Waals surface area contributed by atoms with Crippen molar-refractivity contribution in [3.63, 3.8) is 0 Å². The molecule has 0 atom stereocenters. The van der Waals surface area contributed by atoms with Gasteiger partial charge in [0.05, 0.1) is 0 Å². The fourth-order valence-electron chi connectivity index (χ4n) is 0.638. The molecule has 10 heavy (non-hydrogen) atoms. The predicted octanol–water partition coefficient (Wildman–Crippen LogP) is 0.636. The first kappa shape index (κ1) is 8.56. The molecule has 0 radical (unpaired) electrons. The maximum atomic E-state index is 10.4. The molecule has 0 amide bonds. The molecular formula is C4H10NO3PS. The molecule has 1 rings (SSSR count). The summed E-state index contributed by atoms with van der Waals surface area (Å²) in [4.78, 5) is 17.0. The molecule has 1 aliphatic carbocycles. The molecule has 60 valence electrons. The Hall–Kier alpha value is 0.460. The normalized spacial score (nSPS) is 20.0. The van der Waals surface area contributed by atoms with Gasteiger partial charge in [-0.3, -0.25) is 0 Å². The van der Waals surface area contributed by atoms with Gasteiger partial charge in [0.2, 0.25) is 0 Å². The highest BCUT2D eigenvalue weighted by molar-refractivity contribution is 7.84. The van der Waals surface area contributed by atoms with Crippen LogP contribution in [0.15, 0.2) is 0 Å². The summed E-state index contributed by atoms with van der Waals surface area (Å²) in [5, 5.41) is 0. The van der Waals surface area contributed by atoms with Gasteiger partial charge in [-0.25, -0.2) is 4.57 Å². The van der Waals surface area contributed by atoms with Crippen molar-refractivity contribution >= 4 is 20.6 Å². The first-order valence-electron chi connectivity index (χ1n) is 3.02. The van der Waals surface area contributed by atoms with E-state index in [1.54, 1.807) is 0 Å². The minimum atomic E-state index is -4.07. The molecule has 0 saturated heterocycles. The van der Waals surface area contributed by atoms with Crippen LogP contribution in [0.2, 0.25) is 0 Å². The molecule has 1 fully saturated rings. The minimum absolute atomic E-state index is 0.396. The summed E-state index contributed by atoms with van der Waals surface area (Å²) in [6, 6.07) is 0. The lowest BCUT2D eigenvalue weighted by Crippen LogP contribution is -2.11. The monoisotopic (exact) mass is 183 g/mol. The first-order valence-corrected chi connectivity index (χ1v) is 4.99. The van der Waals surface area contributed by atoms with Crippen LogP contribution in [-0.2, 0) is 4.57 Å². The Labute approximate surface area is 65.0 Å². The highest BCUT2D eigenvalue weighted by atomic mass is 32.1. The van der Waals surface area contributed by atoms with Crippen LogP contribution in [0.4, 0.5) is 0 Å². The molecule has 4 nitrogen and oxygen atoms in total. The maximum Gasteiger partial charge on any atom is 0.412 e. The molecular weight excluding hydrogens is 173 g/mol. The van der Waals surface area contributed by atoms with Gasteiger partial charge in [0.1, 0.15) is 0 Å². The third-order valence-corrected chi connectivity index (χ3v) is 3.05. The minimum Gasteiger partial charge on any atom is -0.312 e. The van der Waals surface area contributed by atoms with Gasteiger partial charge in [-0.05, 0) is 18.8 Å². The third-order valence-electron chi connectivity index (χ3n) is 1.42. The van der Waals surface area contributed by atoms with Crippen molar-refractivity contribution in [2.24, 2.45) is 5.92 Å². The molecule has 2 N–H and O–H groups in total.